The van der Waals surface area contributed by atoms with Gasteiger partial charge < -0.3 is 16.4 Å². The Hall–Kier alpha value is -1.22. The van der Waals surface area contributed by atoms with Crippen LogP contribution in [0.4, 0.5) is 5.69 Å². The SMILES string of the molecule is CC(C)NCc1ccc(NC(N)=S)cc1S(=O)(=O)O. The number of hydrogen-bond donors (Lipinski definition) is 4. The van der Waals surface area contributed by atoms with Gasteiger partial charge in [0.15, 0.2) is 5.11 Å². The predicted molar refractivity (Wildman–Crippen MR) is 78.6 cm³/mol. The third kappa shape index (κ3) is 5.11. The van der Waals surface area contributed by atoms with E-state index in [0.717, 1.165) is 0 Å². The highest BCUT2D eigenvalue weighted by Gasteiger charge is 2.16. The van der Waals surface area contributed by atoms with Crippen molar-refractivity contribution in [2.45, 2.75) is 31.3 Å². The van der Waals surface area contributed by atoms with E-state index in [1.165, 1.54) is 6.07 Å². The van der Waals surface area contributed by atoms with E-state index in [1.54, 1.807) is 12.1 Å². The number of thiocarbonyl (C=S) groups is 1. The maximum absolute atomic E-state index is 11.4. The molecule has 19 heavy (non-hydrogen) atoms. The zero-order valence-corrected chi connectivity index (χ0v) is 12.3. The van der Waals surface area contributed by atoms with Gasteiger partial charge in [-0.05, 0) is 29.9 Å². The zero-order chi connectivity index (χ0) is 14.6. The Morgan fingerprint density at radius 3 is 2.58 bits per heavy atom. The first-order valence-electron chi connectivity index (χ1n) is 5.60. The summed E-state index contributed by atoms with van der Waals surface area (Å²) in [4.78, 5) is -0.165. The highest BCUT2D eigenvalue weighted by molar-refractivity contribution is 7.85. The second-order valence-electron chi connectivity index (χ2n) is 4.32. The highest BCUT2D eigenvalue weighted by atomic mass is 32.2. The Labute approximate surface area is 118 Å². The molecule has 0 atom stereocenters. The minimum atomic E-state index is -4.30. The van der Waals surface area contributed by atoms with Gasteiger partial charge in [0.05, 0.1) is 0 Å². The summed E-state index contributed by atoms with van der Waals surface area (Å²) < 4.78 is 32.0. The molecule has 0 saturated heterocycles. The topological polar surface area (TPSA) is 104 Å². The molecule has 106 valence electrons. The minimum Gasteiger partial charge on any atom is -0.376 e. The van der Waals surface area contributed by atoms with Crippen molar-refractivity contribution in [1.29, 1.82) is 0 Å². The molecule has 0 aliphatic heterocycles. The molecular weight excluding hydrogens is 286 g/mol. The standard InChI is InChI=1S/C11H17N3O3S2/c1-7(2)13-6-8-3-4-9(14-11(12)18)5-10(8)19(15,16)17/h3-5,7,13H,6H2,1-2H3,(H3,12,14,18)(H,15,16,17). The lowest BCUT2D eigenvalue weighted by Gasteiger charge is -2.13. The van der Waals surface area contributed by atoms with Crippen LogP contribution >= 0.6 is 12.2 Å². The molecular formula is C11H17N3O3S2. The van der Waals surface area contributed by atoms with Crippen LogP contribution in [0.25, 0.3) is 0 Å². The molecule has 0 aromatic heterocycles. The summed E-state index contributed by atoms with van der Waals surface area (Å²) in [6, 6.07) is 4.74. The van der Waals surface area contributed by atoms with Crippen molar-refractivity contribution in [2.75, 3.05) is 5.32 Å². The summed E-state index contributed by atoms with van der Waals surface area (Å²) in [5.74, 6) is 0. The molecule has 5 N–H and O–H groups in total. The van der Waals surface area contributed by atoms with Crippen molar-refractivity contribution in [3.63, 3.8) is 0 Å². The van der Waals surface area contributed by atoms with Gasteiger partial charge in [-0.3, -0.25) is 4.55 Å². The first-order valence-corrected chi connectivity index (χ1v) is 7.45. The average Bonchev–Trinajstić information content (AvgIpc) is 2.25. The molecule has 0 aliphatic carbocycles. The molecule has 1 aromatic carbocycles. The fraction of sp³-hybridized carbons (Fsp3) is 0.364. The fourth-order valence-corrected chi connectivity index (χ4v) is 2.34. The van der Waals surface area contributed by atoms with E-state index in [9.17, 15) is 13.0 Å². The third-order valence-corrected chi connectivity index (χ3v) is 3.35. The zero-order valence-electron chi connectivity index (χ0n) is 10.7. The molecule has 1 rings (SSSR count). The predicted octanol–water partition coefficient (Wildman–Crippen LogP) is 1.09. The van der Waals surface area contributed by atoms with Crippen molar-refractivity contribution in [3.8, 4) is 0 Å². The van der Waals surface area contributed by atoms with Gasteiger partial charge in [-0.25, -0.2) is 0 Å². The van der Waals surface area contributed by atoms with Crippen molar-refractivity contribution in [3.05, 3.63) is 23.8 Å². The number of nitrogens with two attached hydrogens (primary N) is 1. The van der Waals surface area contributed by atoms with E-state index in [0.29, 0.717) is 17.8 Å². The van der Waals surface area contributed by atoms with Gasteiger partial charge in [-0.2, -0.15) is 8.42 Å². The smallest absolute Gasteiger partial charge is 0.294 e. The van der Waals surface area contributed by atoms with E-state index in [-0.39, 0.29) is 16.0 Å². The van der Waals surface area contributed by atoms with E-state index in [4.69, 9.17) is 5.73 Å². The molecule has 1 aromatic rings. The molecule has 0 radical (unpaired) electrons. The Balaban J connectivity index is 3.14. The van der Waals surface area contributed by atoms with Gasteiger partial charge in [-0.1, -0.05) is 19.9 Å². The number of nitrogens with one attached hydrogen (secondary N) is 2. The normalized spacial score (nSPS) is 11.6. The molecule has 0 spiro atoms. The fourth-order valence-electron chi connectivity index (χ4n) is 1.47. The summed E-state index contributed by atoms with van der Waals surface area (Å²) >= 11 is 4.67. The molecule has 0 amide bonds. The van der Waals surface area contributed by atoms with Crippen LogP contribution in [0.3, 0.4) is 0 Å². The monoisotopic (exact) mass is 303 g/mol. The largest absolute Gasteiger partial charge is 0.376 e. The molecule has 6 nitrogen and oxygen atoms in total. The van der Waals surface area contributed by atoms with Crippen LogP contribution in [0.15, 0.2) is 23.1 Å². The Bertz CT molecular complexity index is 571. The molecule has 0 bridgehead atoms. The number of benzene rings is 1. The van der Waals surface area contributed by atoms with E-state index < -0.39 is 10.1 Å². The van der Waals surface area contributed by atoms with Crippen molar-refractivity contribution in [1.82, 2.24) is 5.32 Å². The lowest BCUT2D eigenvalue weighted by atomic mass is 10.2. The van der Waals surface area contributed by atoms with Crippen LogP contribution in [0.1, 0.15) is 19.4 Å². The van der Waals surface area contributed by atoms with Crippen LogP contribution in [-0.4, -0.2) is 24.1 Å². The third-order valence-electron chi connectivity index (χ3n) is 2.31. The van der Waals surface area contributed by atoms with E-state index in [1.807, 2.05) is 13.8 Å². The van der Waals surface area contributed by atoms with Crippen LogP contribution in [-0.2, 0) is 16.7 Å². The second kappa shape index (κ2) is 6.29. The number of rotatable bonds is 5. The maximum atomic E-state index is 11.4. The van der Waals surface area contributed by atoms with Crippen LogP contribution in [0, 0.1) is 0 Å². The summed E-state index contributed by atoms with van der Waals surface area (Å²) in [6.45, 7) is 4.21. The van der Waals surface area contributed by atoms with E-state index in [2.05, 4.69) is 22.9 Å². The van der Waals surface area contributed by atoms with Gasteiger partial charge in [0.1, 0.15) is 4.90 Å². The van der Waals surface area contributed by atoms with Gasteiger partial charge in [0, 0.05) is 18.3 Å². The summed E-state index contributed by atoms with van der Waals surface area (Å²) in [6.07, 6.45) is 0. The van der Waals surface area contributed by atoms with Gasteiger partial charge in [0.2, 0.25) is 0 Å². The van der Waals surface area contributed by atoms with Crippen LogP contribution in [0.2, 0.25) is 0 Å². The lowest BCUT2D eigenvalue weighted by Crippen LogP contribution is -2.23. The first kappa shape index (κ1) is 15.8. The van der Waals surface area contributed by atoms with Crippen LogP contribution in [0.5, 0.6) is 0 Å². The number of hydrogen-bond acceptors (Lipinski definition) is 4. The maximum Gasteiger partial charge on any atom is 0.294 e. The first-order chi connectivity index (χ1) is 8.70. The van der Waals surface area contributed by atoms with Crippen molar-refractivity contribution < 1.29 is 13.0 Å². The van der Waals surface area contributed by atoms with Gasteiger partial charge in [-0.15, -0.1) is 0 Å². The lowest BCUT2D eigenvalue weighted by molar-refractivity contribution is 0.480. The summed E-state index contributed by atoms with van der Waals surface area (Å²) in [7, 11) is -4.30. The van der Waals surface area contributed by atoms with Crippen LogP contribution < -0.4 is 16.4 Å². The minimum absolute atomic E-state index is 0.0225. The Kier molecular flexibility index (Phi) is 5.24. The number of anilines is 1. The summed E-state index contributed by atoms with van der Waals surface area (Å²) in [5, 5.41) is 5.73. The Morgan fingerprint density at radius 2 is 2.11 bits per heavy atom. The van der Waals surface area contributed by atoms with Crippen molar-refractivity contribution in [2.24, 2.45) is 5.73 Å². The molecule has 0 aliphatic rings. The molecule has 0 saturated carbocycles. The molecule has 0 fully saturated rings. The molecule has 8 heteroatoms. The van der Waals surface area contributed by atoms with E-state index >= 15 is 0 Å². The quantitative estimate of drug-likeness (QED) is 0.476. The molecule has 0 heterocycles. The Morgan fingerprint density at radius 1 is 1.47 bits per heavy atom. The average molecular weight is 303 g/mol. The molecule has 0 unspecified atom stereocenters. The highest BCUT2D eigenvalue weighted by Crippen LogP contribution is 2.20. The van der Waals surface area contributed by atoms with Crippen molar-refractivity contribution >= 4 is 33.1 Å². The summed E-state index contributed by atoms with van der Waals surface area (Å²) in [5.41, 5.74) is 6.20. The van der Waals surface area contributed by atoms with Gasteiger partial charge >= 0.3 is 0 Å². The van der Waals surface area contributed by atoms with Gasteiger partial charge in [0.25, 0.3) is 10.1 Å². The second-order valence-corrected chi connectivity index (χ2v) is 6.15.